The molecule has 1 heterocycles. The minimum absolute atomic E-state index is 0.0136. The highest BCUT2D eigenvalue weighted by atomic mass is 16.5. The lowest BCUT2D eigenvalue weighted by atomic mass is 9.86. The number of aliphatic hydroxyl groups is 1. The van der Waals surface area contributed by atoms with Gasteiger partial charge in [-0.15, -0.1) is 0 Å². The van der Waals surface area contributed by atoms with Crippen molar-refractivity contribution in [3.05, 3.63) is 17.0 Å². The van der Waals surface area contributed by atoms with Crippen LogP contribution >= 0.6 is 0 Å². The van der Waals surface area contributed by atoms with E-state index in [2.05, 4.69) is 15.8 Å². The van der Waals surface area contributed by atoms with Crippen LogP contribution in [0.25, 0.3) is 0 Å². The number of nitrogens with zero attached hydrogens (tertiary/aromatic N) is 1. The lowest BCUT2D eigenvalue weighted by Crippen LogP contribution is -2.49. The lowest BCUT2D eigenvalue weighted by molar-refractivity contribution is 0.120. The molecule has 1 aliphatic rings. The molecule has 6 nitrogen and oxygen atoms in total. The van der Waals surface area contributed by atoms with Crippen molar-refractivity contribution in [2.24, 2.45) is 5.41 Å². The molecule has 124 valence electrons. The van der Waals surface area contributed by atoms with Crippen LogP contribution < -0.4 is 10.6 Å². The van der Waals surface area contributed by atoms with E-state index in [1.165, 1.54) is 0 Å². The highest BCUT2D eigenvalue weighted by Crippen LogP contribution is 2.37. The number of hydrogen-bond acceptors (Lipinski definition) is 4. The quantitative estimate of drug-likeness (QED) is 0.780. The Hall–Kier alpha value is -1.56. The molecule has 3 atom stereocenters. The van der Waals surface area contributed by atoms with Crippen molar-refractivity contribution in [2.45, 2.75) is 65.5 Å². The largest absolute Gasteiger partial charge is 0.396 e. The average molecular weight is 309 g/mol. The Labute approximate surface area is 131 Å². The molecule has 3 unspecified atom stereocenters. The zero-order valence-corrected chi connectivity index (χ0v) is 13.9. The molecule has 0 saturated heterocycles. The Morgan fingerprint density at radius 3 is 2.82 bits per heavy atom. The Bertz CT molecular complexity index is 509. The zero-order chi connectivity index (χ0) is 16.3. The molecule has 1 aliphatic carbocycles. The third-order valence-electron chi connectivity index (χ3n) is 4.90. The number of urea groups is 1. The molecule has 0 spiro atoms. The van der Waals surface area contributed by atoms with Crippen molar-refractivity contribution < 1.29 is 14.4 Å². The number of hydrogen-bond donors (Lipinski definition) is 3. The molecule has 1 aromatic heterocycles. The number of carbonyl (C=O) groups is 1. The molecule has 1 aromatic rings. The summed E-state index contributed by atoms with van der Waals surface area (Å²) in [6.45, 7) is 7.88. The fraction of sp³-hybridized carbons (Fsp3) is 0.750. The van der Waals surface area contributed by atoms with Crippen molar-refractivity contribution in [1.29, 1.82) is 0 Å². The van der Waals surface area contributed by atoms with Gasteiger partial charge >= 0.3 is 6.03 Å². The van der Waals surface area contributed by atoms with Crippen LogP contribution in [0, 0.1) is 19.3 Å². The second kappa shape index (κ2) is 6.69. The first kappa shape index (κ1) is 16.8. The summed E-state index contributed by atoms with van der Waals surface area (Å²) < 4.78 is 5.19. The Morgan fingerprint density at radius 1 is 1.55 bits per heavy atom. The Balaban J connectivity index is 2.01. The summed E-state index contributed by atoms with van der Waals surface area (Å²) in [5.41, 5.74) is 1.54. The van der Waals surface area contributed by atoms with Crippen LogP contribution in [0.1, 0.15) is 62.6 Å². The van der Waals surface area contributed by atoms with Crippen LogP contribution in [0.5, 0.6) is 0 Å². The van der Waals surface area contributed by atoms with Gasteiger partial charge in [-0.2, -0.15) is 0 Å². The van der Waals surface area contributed by atoms with Crippen molar-refractivity contribution in [3.63, 3.8) is 0 Å². The summed E-state index contributed by atoms with van der Waals surface area (Å²) in [5, 5.41) is 19.6. The standard InChI is InChI=1S/C16H27N3O3/c1-5-12(14-10(2)19-22-11(14)3)17-15(21)18-13-7-6-8-16(13,4)9-20/h12-13,20H,5-9H2,1-4H3,(H2,17,18,21). The van der Waals surface area contributed by atoms with E-state index in [1.54, 1.807) is 0 Å². The van der Waals surface area contributed by atoms with Gasteiger partial charge in [0.05, 0.1) is 18.3 Å². The summed E-state index contributed by atoms with van der Waals surface area (Å²) in [7, 11) is 0. The SMILES string of the molecule is CCC(NC(=O)NC1CCCC1(C)CO)c1c(C)noc1C. The highest BCUT2D eigenvalue weighted by Gasteiger charge is 2.39. The van der Waals surface area contributed by atoms with E-state index in [4.69, 9.17) is 4.52 Å². The third-order valence-corrected chi connectivity index (χ3v) is 4.90. The van der Waals surface area contributed by atoms with Crippen LogP contribution in [0.15, 0.2) is 4.52 Å². The van der Waals surface area contributed by atoms with E-state index >= 15 is 0 Å². The summed E-state index contributed by atoms with van der Waals surface area (Å²) in [6, 6.07) is -0.300. The summed E-state index contributed by atoms with van der Waals surface area (Å²) in [6.07, 6.45) is 3.64. The average Bonchev–Trinajstić information content (AvgIpc) is 3.01. The third kappa shape index (κ3) is 3.27. The number of carbonyl (C=O) groups excluding carboxylic acids is 1. The van der Waals surface area contributed by atoms with Crippen molar-refractivity contribution >= 4 is 6.03 Å². The number of aryl methyl sites for hydroxylation is 2. The van der Waals surface area contributed by atoms with Gasteiger partial charge in [0.25, 0.3) is 0 Å². The summed E-state index contributed by atoms with van der Waals surface area (Å²) >= 11 is 0. The Morgan fingerprint density at radius 2 is 2.27 bits per heavy atom. The van der Waals surface area contributed by atoms with Crippen molar-refractivity contribution in [2.75, 3.05) is 6.61 Å². The topological polar surface area (TPSA) is 87.4 Å². The van der Waals surface area contributed by atoms with E-state index in [-0.39, 0.29) is 30.1 Å². The predicted octanol–water partition coefficient (Wildman–Crippen LogP) is 2.59. The van der Waals surface area contributed by atoms with Crippen LogP contribution in [-0.4, -0.2) is 28.9 Å². The number of aromatic nitrogens is 1. The molecule has 0 bridgehead atoms. The van der Waals surface area contributed by atoms with Crippen molar-refractivity contribution in [1.82, 2.24) is 15.8 Å². The van der Waals surface area contributed by atoms with E-state index in [0.29, 0.717) is 0 Å². The van der Waals surface area contributed by atoms with Gasteiger partial charge in [0.2, 0.25) is 0 Å². The lowest BCUT2D eigenvalue weighted by Gasteiger charge is -2.30. The molecular weight excluding hydrogens is 282 g/mol. The second-order valence-corrected chi connectivity index (χ2v) is 6.57. The molecule has 1 saturated carbocycles. The highest BCUT2D eigenvalue weighted by molar-refractivity contribution is 5.75. The summed E-state index contributed by atoms with van der Waals surface area (Å²) in [5.74, 6) is 0.741. The van der Waals surface area contributed by atoms with Gasteiger partial charge in [0, 0.05) is 17.0 Å². The van der Waals surface area contributed by atoms with Crippen LogP contribution in [0.4, 0.5) is 4.79 Å². The van der Waals surface area contributed by atoms with Gasteiger partial charge in [-0.05, 0) is 33.1 Å². The molecule has 3 N–H and O–H groups in total. The minimum Gasteiger partial charge on any atom is -0.396 e. The molecule has 2 rings (SSSR count). The van der Waals surface area contributed by atoms with Gasteiger partial charge in [0.1, 0.15) is 5.76 Å². The first-order valence-corrected chi connectivity index (χ1v) is 8.02. The first-order chi connectivity index (χ1) is 10.4. The van der Waals surface area contributed by atoms with Gasteiger partial charge in [-0.25, -0.2) is 4.79 Å². The first-order valence-electron chi connectivity index (χ1n) is 8.02. The van der Waals surface area contributed by atoms with E-state index < -0.39 is 0 Å². The molecule has 22 heavy (non-hydrogen) atoms. The summed E-state index contributed by atoms with van der Waals surface area (Å²) in [4.78, 5) is 12.3. The zero-order valence-electron chi connectivity index (χ0n) is 13.9. The van der Waals surface area contributed by atoms with Crippen molar-refractivity contribution in [3.8, 4) is 0 Å². The smallest absolute Gasteiger partial charge is 0.315 e. The molecule has 6 heteroatoms. The van der Waals surface area contributed by atoms with Gasteiger partial charge in [0.15, 0.2) is 0 Å². The monoisotopic (exact) mass is 309 g/mol. The van der Waals surface area contributed by atoms with Crippen LogP contribution in [0.3, 0.4) is 0 Å². The fourth-order valence-electron chi connectivity index (χ4n) is 3.39. The maximum atomic E-state index is 12.3. The molecule has 0 aliphatic heterocycles. The van der Waals surface area contributed by atoms with Crippen LogP contribution in [-0.2, 0) is 0 Å². The number of nitrogens with one attached hydrogen (secondary N) is 2. The maximum absolute atomic E-state index is 12.3. The second-order valence-electron chi connectivity index (χ2n) is 6.57. The molecule has 1 fully saturated rings. The van der Waals surface area contributed by atoms with E-state index in [0.717, 1.165) is 42.7 Å². The van der Waals surface area contributed by atoms with Crippen LogP contribution in [0.2, 0.25) is 0 Å². The predicted molar refractivity (Wildman–Crippen MR) is 83.5 cm³/mol. The normalized spacial score (nSPS) is 26.0. The number of aliphatic hydroxyl groups excluding tert-OH is 1. The van der Waals surface area contributed by atoms with Gasteiger partial charge in [-0.3, -0.25) is 0 Å². The number of amides is 2. The molecular formula is C16H27N3O3. The molecule has 0 aromatic carbocycles. The van der Waals surface area contributed by atoms with E-state index in [9.17, 15) is 9.90 Å². The molecule has 0 radical (unpaired) electrons. The molecule has 2 amide bonds. The van der Waals surface area contributed by atoms with E-state index in [1.807, 2.05) is 27.7 Å². The van der Waals surface area contributed by atoms with Gasteiger partial charge in [-0.1, -0.05) is 25.4 Å². The maximum Gasteiger partial charge on any atom is 0.315 e. The Kier molecular flexibility index (Phi) is 5.11. The fourth-order valence-corrected chi connectivity index (χ4v) is 3.39. The van der Waals surface area contributed by atoms with Gasteiger partial charge < -0.3 is 20.3 Å². The number of rotatable bonds is 5. The minimum atomic E-state index is -0.220.